The molecular weight excluding hydrogens is 329 g/mol. The summed E-state index contributed by atoms with van der Waals surface area (Å²) >= 11 is 0. The molecule has 2 heterocycles. The first-order valence-corrected chi connectivity index (χ1v) is 8.40. The van der Waals surface area contributed by atoms with Crippen molar-refractivity contribution in [2.24, 2.45) is 0 Å². The van der Waals surface area contributed by atoms with E-state index in [0.29, 0.717) is 12.0 Å². The fraction of sp³-hybridized carbons (Fsp3) is 0.667. The lowest BCUT2D eigenvalue weighted by molar-refractivity contribution is -0.141. The van der Waals surface area contributed by atoms with E-state index in [9.17, 15) is 17.4 Å². The predicted molar refractivity (Wildman–Crippen MR) is 82.3 cm³/mol. The molecule has 1 aliphatic rings. The second-order valence-electron chi connectivity index (χ2n) is 7.21. The van der Waals surface area contributed by atoms with Gasteiger partial charge in [0.25, 0.3) is 0 Å². The number of halogens is 3. The van der Waals surface area contributed by atoms with E-state index in [4.69, 9.17) is 4.74 Å². The van der Waals surface area contributed by atoms with Crippen molar-refractivity contribution in [1.29, 1.82) is 0 Å². The van der Waals surface area contributed by atoms with E-state index in [1.54, 1.807) is 13.8 Å². The average Bonchev–Trinajstić information content (AvgIpc) is 2.34. The zero-order chi connectivity index (χ0) is 17.6. The Balaban J connectivity index is 2.39. The quantitative estimate of drug-likeness (QED) is 0.884. The number of fused-ring (bicyclic) bond motifs is 1. The molecule has 0 radical (unpaired) electrons. The summed E-state index contributed by atoms with van der Waals surface area (Å²) in [5.41, 5.74) is -1.20. The van der Waals surface area contributed by atoms with E-state index in [-0.39, 0.29) is 11.9 Å². The molecule has 1 aromatic rings. The standard InChI is InChI=1S/C15H21F3N2O2S/c1-13(2,3)23(21)20-10-8-14(4,5)22-12-9(10)6-7-11(19-12)15(16,17)18/h6-7,10,20H,8H2,1-5H3. The summed E-state index contributed by atoms with van der Waals surface area (Å²) in [5, 5.41) is 0. The first-order valence-electron chi connectivity index (χ1n) is 7.25. The molecule has 0 amide bonds. The van der Waals surface area contributed by atoms with Gasteiger partial charge in [-0.3, -0.25) is 0 Å². The van der Waals surface area contributed by atoms with Gasteiger partial charge in [0.05, 0.1) is 21.8 Å². The zero-order valence-corrected chi connectivity index (χ0v) is 14.6. The number of nitrogens with one attached hydrogen (secondary N) is 1. The summed E-state index contributed by atoms with van der Waals surface area (Å²) in [6, 6.07) is 1.89. The Labute approximate surface area is 136 Å². The topological polar surface area (TPSA) is 51.2 Å². The third-order valence-electron chi connectivity index (χ3n) is 3.43. The van der Waals surface area contributed by atoms with Crippen molar-refractivity contribution in [2.75, 3.05) is 0 Å². The lowest BCUT2D eigenvalue weighted by atomic mass is 9.92. The number of hydrogen-bond acceptors (Lipinski definition) is 3. The van der Waals surface area contributed by atoms with Gasteiger partial charge in [0, 0.05) is 12.0 Å². The Morgan fingerprint density at radius 1 is 1.30 bits per heavy atom. The Bertz CT molecular complexity index is 624. The van der Waals surface area contributed by atoms with Crippen LogP contribution in [0.3, 0.4) is 0 Å². The molecule has 0 bridgehead atoms. The molecule has 0 saturated heterocycles. The molecule has 23 heavy (non-hydrogen) atoms. The van der Waals surface area contributed by atoms with Gasteiger partial charge in [0.15, 0.2) is 0 Å². The van der Waals surface area contributed by atoms with Gasteiger partial charge < -0.3 is 4.74 Å². The van der Waals surface area contributed by atoms with Crippen molar-refractivity contribution in [2.45, 2.75) is 63.6 Å². The summed E-state index contributed by atoms with van der Waals surface area (Å²) in [6.07, 6.45) is -4.05. The Kier molecular flexibility index (Phi) is 4.54. The summed E-state index contributed by atoms with van der Waals surface area (Å²) < 4.78 is 59.0. The molecule has 130 valence electrons. The molecule has 2 unspecified atom stereocenters. The summed E-state index contributed by atoms with van der Waals surface area (Å²) in [7, 11) is -1.35. The second kappa shape index (κ2) is 5.73. The van der Waals surface area contributed by atoms with E-state index in [0.717, 1.165) is 6.07 Å². The highest BCUT2D eigenvalue weighted by atomic mass is 32.2. The average molecular weight is 350 g/mol. The fourth-order valence-electron chi connectivity index (χ4n) is 2.27. The molecule has 0 aliphatic carbocycles. The highest BCUT2D eigenvalue weighted by Gasteiger charge is 2.39. The number of hydrogen-bond donors (Lipinski definition) is 1. The molecular formula is C15H21F3N2O2S. The van der Waals surface area contributed by atoms with Gasteiger partial charge in [0.1, 0.15) is 11.3 Å². The third-order valence-corrected chi connectivity index (χ3v) is 5.04. The monoisotopic (exact) mass is 350 g/mol. The van der Waals surface area contributed by atoms with Crippen LogP contribution in [-0.2, 0) is 17.2 Å². The maximum atomic E-state index is 12.8. The van der Waals surface area contributed by atoms with Crippen LogP contribution in [0.25, 0.3) is 0 Å². The van der Waals surface area contributed by atoms with Gasteiger partial charge >= 0.3 is 6.18 Å². The fourth-order valence-corrected chi connectivity index (χ4v) is 3.09. The van der Waals surface area contributed by atoms with Crippen molar-refractivity contribution < 1.29 is 22.1 Å². The van der Waals surface area contributed by atoms with E-state index >= 15 is 0 Å². The molecule has 4 nitrogen and oxygen atoms in total. The molecule has 1 N–H and O–H groups in total. The van der Waals surface area contributed by atoms with E-state index in [1.807, 2.05) is 20.8 Å². The molecule has 0 spiro atoms. The number of pyridine rings is 1. The van der Waals surface area contributed by atoms with Crippen molar-refractivity contribution >= 4 is 11.0 Å². The lowest BCUT2D eigenvalue weighted by Gasteiger charge is -2.37. The molecule has 8 heteroatoms. The zero-order valence-electron chi connectivity index (χ0n) is 13.7. The van der Waals surface area contributed by atoms with Crippen LogP contribution in [0.5, 0.6) is 5.88 Å². The minimum atomic E-state index is -4.53. The highest BCUT2D eigenvalue weighted by Crippen LogP contribution is 2.40. The van der Waals surface area contributed by atoms with E-state index in [1.165, 1.54) is 6.07 Å². The van der Waals surface area contributed by atoms with Gasteiger partial charge in [-0.2, -0.15) is 13.2 Å². The summed E-state index contributed by atoms with van der Waals surface area (Å²) in [6.45, 7) is 9.02. The SMILES string of the molecule is CC1(C)CC(NS(=O)C(C)(C)C)c2ccc(C(F)(F)F)nc2O1. The second-order valence-corrected chi connectivity index (χ2v) is 9.20. The minimum Gasteiger partial charge on any atom is -0.471 e. The summed E-state index contributed by atoms with van der Waals surface area (Å²) in [4.78, 5) is 3.61. The molecule has 0 fully saturated rings. The first-order chi connectivity index (χ1) is 10.3. The lowest BCUT2D eigenvalue weighted by Crippen LogP contribution is -2.43. The Morgan fingerprint density at radius 2 is 1.91 bits per heavy atom. The van der Waals surface area contributed by atoms with E-state index < -0.39 is 33.2 Å². The van der Waals surface area contributed by atoms with Crippen LogP contribution in [0.1, 0.15) is 58.3 Å². The van der Waals surface area contributed by atoms with E-state index in [2.05, 4.69) is 9.71 Å². The largest absolute Gasteiger partial charge is 0.471 e. The van der Waals surface area contributed by atoms with Crippen LogP contribution >= 0.6 is 0 Å². The number of alkyl halides is 3. The van der Waals surface area contributed by atoms with Crippen LogP contribution in [0.15, 0.2) is 12.1 Å². The van der Waals surface area contributed by atoms with Crippen LogP contribution in [0.4, 0.5) is 13.2 Å². The van der Waals surface area contributed by atoms with Crippen molar-refractivity contribution in [3.63, 3.8) is 0 Å². The molecule has 1 aliphatic heterocycles. The smallest absolute Gasteiger partial charge is 0.433 e. The number of nitrogens with zero attached hydrogens (tertiary/aromatic N) is 1. The number of aromatic nitrogens is 1. The Hall–Kier alpha value is -1.15. The Morgan fingerprint density at radius 3 is 2.43 bits per heavy atom. The van der Waals surface area contributed by atoms with Crippen LogP contribution in [0, 0.1) is 0 Å². The van der Waals surface area contributed by atoms with Crippen LogP contribution in [-0.4, -0.2) is 19.5 Å². The summed E-state index contributed by atoms with van der Waals surface area (Å²) in [5.74, 6) is -0.0560. The third kappa shape index (κ3) is 4.23. The minimum absolute atomic E-state index is 0.0560. The van der Waals surface area contributed by atoms with Crippen LogP contribution in [0.2, 0.25) is 0 Å². The van der Waals surface area contributed by atoms with Gasteiger partial charge in [-0.15, -0.1) is 0 Å². The normalized spacial score (nSPS) is 22.2. The van der Waals surface area contributed by atoms with Crippen molar-refractivity contribution in [3.8, 4) is 5.88 Å². The van der Waals surface area contributed by atoms with Crippen LogP contribution < -0.4 is 9.46 Å². The number of ether oxygens (including phenoxy) is 1. The predicted octanol–water partition coefficient (Wildman–Crippen LogP) is 3.75. The van der Waals surface area contributed by atoms with Gasteiger partial charge in [-0.05, 0) is 46.8 Å². The maximum absolute atomic E-state index is 12.8. The molecule has 0 aromatic carbocycles. The highest BCUT2D eigenvalue weighted by molar-refractivity contribution is 7.84. The molecule has 2 atom stereocenters. The first kappa shape index (κ1) is 18.2. The van der Waals surface area contributed by atoms with Gasteiger partial charge in [0.2, 0.25) is 5.88 Å². The van der Waals surface area contributed by atoms with Gasteiger partial charge in [-0.25, -0.2) is 13.9 Å². The molecule has 2 rings (SSSR count). The molecule has 0 saturated carbocycles. The van der Waals surface area contributed by atoms with Crippen molar-refractivity contribution in [1.82, 2.24) is 9.71 Å². The van der Waals surface area contributed by atoms with Gasteiger partial charge in [-0.1, -0.05) is 0 Å². The maximum Gasteiger partial charge on any atom is 0.433 e. The molecule has 1 aromatic heterocycles. The number of rotatable bonds is 2. The van der Waals surface area contributed by atoms with Crippen molar-refractivity contribution in [3.05, 3.63) is 23.4 Å².